The molecule has 0 unspecified atom stereocenters. The van der Waals surface area contributed by atoms with Crippen LogP contribution in [0, 0.1) is 0 Å². The molecule has 1 aromatic heterocycles. The van der Waals surface area contributed by atoms with Crippen LogP contribution in [0.5, 0.6) is 11.5 Å². The highest BCUT2D eigenvalue weighted by atomic mass is 16.5. The Balaban J connectivity index is 1.86. The molecule has 25 heavy (non-hydrogen) atoms. The molecule has 2 aromatic carbocycles. The van der Waals surface area contributed by atoms with Crippen LogP contribution in [0.1, 0.15) is 17.3 Å². The van der Waals surface area contributed by atoms with Crippen LogP contribution in [0.2, 0.25) is 0 Å². The Kier molecular flexibility index (Phi) is 4.74. The molecule has 0 saturated carbocycles. The maximum absolute atomic E-state index is 11.8. The van der Waals surface area contributed by atoms with Crippen LogP contribution in [-0.2, 0) is 4.74 Å². The lowest BCUT2D eigenvalue weighted by Gasteiger charge is -2.09. The number of ether oxygens (including phenoxy) is 3. The van der Waals surface area contributed by atoms with Crippen molar-refractivity contribution in [2.24, 2.45) is 0 Å². The van der Waals surface area contributed by atoms with Crippen molar-refractivity contribution in [3.05, 3.63) is 42.0 Å². The molecule has 7 heteroatoms. The summed E-state index contributed by atoms with van der Waals surface area (Å²) in [6, 6.07) is 10.7. The van der Waals surface area contributed by atoms with Crippen molar-refractivity contribution in [2.45, 2.75) is 6.92 Å². The van der Waals surface area contributed by atoms with E-state index in [-0.39, 0.29) is 5.97 Å². The van der Waals surface area contributed by atoms with Gasteiger partial charge < -0.3 is 24.5 Å². The standard InChI is InChI=1S/C18H19N3O4/c1-4-25-17(22)11-5-7-13-14(9-11)21-18(20-13)19-12-6-8-15(23-2)16(10-12)24-3/h5-10H,4H2,1-3H3,(H2,19,20,21). The molecule has 130 valence electrons. The van der Waals surface area contributed by atoms with Gasteiger partial charge in [0.25, 0.3) is 0 Å². The number of rotatable bonds is 6. The summed E-state index contributed by atoms with van der Waals surface area (Å²) in [7, 11) is 3.17. The fraction of sp³-hybridized carbons (Fsp3) is 0.222. The number of methoxy groups -OCH3 is 2. The second kappa shape index (κ2) is 7.12. The van der Waals surface area contributed by atoms with Crippen molar-refractivity contribution < 1.29 is 19.0 Å². The first-order chi connectivity index (χ1) is 12.1. The van der Waals surface area contributed by atoms with Crippen LogP contribution in [0.15, 0.2) is 36.4 Å². The number of benzene rings is 2. The monoisotopic (exact) mass is 341 g/mol. The lowest BCUT2D eigenvalue weighted by Crippen LogP contribution is -2.04. The summed E-state index contributed by atoms with van der Waals surface area (Å²) in [5, 5.41) is 3.17. The number of nitrogens with one attached hydrogen (secondary N) is 2. The van der Waals surface area contributed by atoms with Gasteiger partial charge in [-0.25, -0.2) is 9.78 Å². The lowest BCUT2D eigenvalue weighted by atomic mass is 10.2. The first kappa shape index (κ1) is 16.6. The van der Waals surface area contributed by atoms with Crippen molar-refractivity contribution in [3.8, 4) is 11.5 Å². The van der Waals surface area contributed by atoms with Crippen molar-refractivity contribution in [1.29, 1.82) is 0 Å². The van der Waals surface area contributed by atoms with Crippen LogP contribution in [0.25, 0.3) is 11.0 Å². The van der Waals surface area contributed by atoms with Gasteiger partial charge in [-0.15, -0.1) is 0 Å². The Hall–Kier alpha value is -3.22. The van der Waals surface area contributed by atoms with Crippen molar-refractivity contribution in [2.75, 3.05) is 26.1 Å². The van der Waals surface area contributed by atoms with E-state index in [4.69, 9.17) is 14.2 Å². The molecule has 0 atom stereocenters. The summed E-state index contributed by atoms with van der Waals surface area (Å²) in [6.45, 7) is 2.11. The number of imidazole rings is 1. The van der Waals surface area contributed by atoms with Crippen molar-refractivity contribution in [3.63, 3.8) is 0 Å². The average molecular weight is 341 g/mol. The Morgan fingerprint density at radius 3 is 2.64 bits per heavy atom. The number of esters is 1. The van der Waals surface area contributed by atoms with Gasteiger partial charge in [-0.3, -0.25) is 0 Å². The van der Waals surface area contributed by atoms with E-state index in [0.29, 0.717) is 29.6 Å². The van der Waals surface area contributed by atoms with Crippen molar-refractivity contribution >= 4 is 28.6 Å². The first-order valence-electron chi connectivity index (χ1n) is 7.80. The van der Waals surface area contributed by atoms with Gasteiger partial charge in [0.1, 0.15) is 0 Å². The number of carbonyl (C=O) groups is 1. The van der Waals surface area contributed by atoms with Gasteiger partial charge in [-0.1, -0.05) is 0 Å². The number of nitrogens with zero attached hydrogens (tertiary/aromatic N) is 1. The Morgan fingerprint density at radius 2 is 1.92 bits per heavy atom. The minimum absolute atomic E-state index is 0.339. The van der Waals surface area contributed by atoms with Crippen molar-refractivity contribution in [1.82, 2.24) is 9.97 Å². The number of carbonyl (C=O) groups excluding carboxylic acids is 1. The van der Waals surface area contributed by atoms with E-state index in [1.807, 2.05) is 18.2 Å². The molecule has 0 fully saturated rings. The van der Waals surface area contributed by atoms with E-state index < -0.39 is 0 Å². The number of aromatic amines is 1. The molecule has 0 amide bonds. The molecule has 0 aliphatic carbocycles. The molecule has 0 radical (unpaired) electrons. The van der Waals surface area contributed by atoms with Gasteiger partial charge in [0.05, 0.1) is 37.4 Å². The number of hydrogen-bond acceptors (Lipinski definition) is 6. The quantitative estimate of drug-likeness (QED) is 0.668. The molecule has 0 saturated heterocycles. The molecule has 0 aliphatic rings. The minimum Gasteiger partial charge on any atom is -0.493 e. The first-order valence-corrected chi connectivity index (χ1v) is 7.80. The summed E-state index contributed by atoms with van der Waals surface area (Å²) in [4.78, 5) is 19.4. The Bertz CT molecular complexity index is 904. The fourth-order valence-electron chi connectivity index (χ4n) is 2.46. The lowest BCUT2D eigenvalue weighted by molar-refractivity contribution is 0.0526. The topological polar surface area (TPSA) is 85.5 Å². The molecule has 3 rings (SSSR count). The van der Waals surface area contributed by atoms with Gasteiger partial charge in [-0.2, -0.15) is 0 Å². The number of fused-ring (bicyclic) bond motifs is 1. The van der Waals surface area contributed by atoms with Crippen LogP contribution in [0.4, 0.5) is 11.6 Å². The summed E-state index contributed by atoms with van der Waals surface area (Å²) in [5.74, 6) is 1.47. The third-order valence-electron chi connectivity index (χ3n) is 3.64. The van der Waals surface area contributed by atoms with E-state index in [9.17, 15) is 4.79 Å². The van der Waals surface area contributed by atoms with Crippen LogP contribution < -0.4 is 14.8 Å². The Labute approximate surface area is 144 Å². The normalized spacial score (nSPS) is 10.5. The molecule has 0 spiro atoms. The zero-order valence-corrected chi connectivity index (χ0v) is 14.3. The van der Waals surface area contributed by atoms with Crippen LogP contribution >= 0.6 is 0 Å². The highest BCUT2D eigenvalue weighted by molar-refractivity contribution is 5.94. The summed E-state index contributed by atoms with van der Waals surface area (Å²) in [6.07, 6.45) is 0. The summed E-state index contributed by atoms with van der Waals surface area (Å²) >= 11 is 0. The molecule has 7 nitrogen and oxygen atoms in total. The maximum Gasteiger partial charge on any atom is 0.338 e. The third-order valence-corrected chi connectivity index (χ3v) is 3.64. The molecule has 0 aliphatic heterocycles. The van der Waals surface area contributed by atoms with E-state index in [1.54, 1.807) is 39.3 Å². The van der Waals surface area contributed by atoms with Gasteiger partial charge in [0, 0.05) is 11.8 Å². The van der Waals surface area contributed by atoms with E-state index in [1.165, 1.54) is 0 Å². The molecule has 1 heterocycles. The predicted molar refractivity (Wildman–Crippen MR) is 94.9 cm³/mol. The van der Waals surface area contributed by atoms with E-state index in [2.05, 4.69) is 15.3 Å². The number of aromatic nitrogens is 2. The summed E-state index contributed by atoms with van der Waals surface area (Å²) in [5.41, 5.74) is 2.77. The maximum atomic E-state index is 11.8. The highest BCUT2D eigenvalue weighted by Crippen LogP contribution is 2.31. The minimum atomic E-state index is -0.353. The molecular weight excluding hydrogens is 322 g/mol. The molecule has 2 N–H and O–H groups in total. The molecule has 3 aromatic rings. The fourth-order valence-corrected chi connectivity index (χ4v) is 2.46. The largest absolute Gasteiger partial charge is 0.493 e. The van der Waals surface area contributed by atoms with Gasteiger partial charge in [0.15, 0.2) is 11.5 Å². The van der Waals surface area contributed by atoms with Gasteiger partial charge >= 0.3 is 5.97 Å². The Morgan fingerprint density at radius 1 is 1.12 bits per heavy atom. The number of hydrogen-bond donors (Lipinski definition) is 2. The molecule has 0 bridgehead atoms. The third kappa shape index (κ3) is 3.50. The van der Waals surface area contributed by atoms with Crippen LogP contribution in [-0.4, -0.2) is 36.8 Å². The van der Waals surface area contributed by atoms with E-state index >= 15 is 0 Å². The zero-order chi connectivity index (χ0) is 17.8. The number of H-pyrrole nitrogens is 1. The predicted octanol–water partition coefficient (Wildman–Crippen LogP) is 3.50. The van der Waals surface area contributed by atoms with Gasteiger partial charge in [-0.05, 0) is 37.3 Å². The zero-order valence-electron chi connectivity index (χ0n) is 14.3. The van der Waals surface area contributed by atoms with Crippen LogP contribution in [0.3, 0.4) is 0 Å². The summed E-state index contributed by atoms with van der Waals surface area (Å²) < 4.78 is 15.5. The SMILES string of the molecule is CCOC(=O)c1ccc2nc(Nc3ccc(OC)c(OC)c3)[nH]c2c1. The van der Waals surface area contributed by atoms with Gasteiger partial charge in [0.2, 0.25) is 5.95 Å². The highest BCUT2D eigenvalue weighted by Gasteiger charge is 2.11. The second-order valence-corrected chi connectivity index (χ2v) is 5.23. The second-order valence-electron chi connectivity index (χ2n) is 5.23. The molecular formula is C18H19N3O4. The average Bonchev–Trinajstić information content (AvgIpc) is 3.03. The number of anilines is 2. The van der Waals surface area contributed by atoms with E-state index in [0.717, 1.165) is 16.7 Å². The smallest absolute Gasteiger partial charge is 0.338 e.